The lowest BCUT2D eigenvalue weighted by Crippen LogP contribution is -2.30. The molecule has 1 saturated heterocycles. The van der Waals surface area contributed by atoms with E-state index in [-0.39, 0.29) is 16.8 Å². The third-order valence-corrected chi connectivity index (χ3v) is 5.96. The highest BCUT2D eigenvalue weighted by molar-refractivity contribution is 7.90. The van der Waals surface area contributed by atoms with Crippen LogP contribution in [0.4, 0.5) is 0 Å². The van der Waals surface area contributed by atoms with Gasteiger partial charge in [-0.15, -0.1) is 0 Å². The van der Waals surface area contributed by atoms with Gasteiger partial charge in [0.05, 0.1) is 25.2 Å². The lowest BCUT2D eigenvalue weighted by molar-refractivity contribution is 0.0735. The molecular weight excluding hydrogens is 366 g/mol. The van der Waals surface area contributed by atoms with E-state index in [1.807, 2.05) is 23.1 Å². The quantitative estimate of drug-likeness (QED) is 0.786. The molecule has 6 nitrogen and oxygen atoms in total. The van der Waals surface area contributed by atoms with Gasteiger partial charge in [-0.3, -0.25) is 4.79 Å². The van der Waals surface area contributed by atoms with Gasteiger partial charge in [0.2, 0.25) is 0 Å². The second kappa shape index (κ2) is 7.60. The van der Waals surface area contributed by atoms with E-state index < -0.39 is 9.84 Å². The van der Waals surface area contributed by atoms with Crippen LogP contribution in [0.1, 0.15) is 34.8 Å². The molecular formula is C20H23NO5S. The summed E-state index contributed by atoms with van der Waals surface area (Å²) in [6.07, 6.45) is 2.92. The molecule has 3 rings (SSSR count). The molecule has 2 aromatic carbocycles. The molecule has 0 radical (unpaired) electrons. The highest BCUT2D eigenvalue weighted by atomic mass is 32.2. The minimum atomic E-state index is -3.28. The number of benzene rings is 2. The molecule has 27 heavy (non-hydrogen) atoms. The maximum atomic E-state index is 13.0. The summed E-state index contributed by atoms with van der Waals surface area (Å²) in [7, 11) is -0.111. The minimum absolute atomic E-state index is 0.0492. The largest absolute Gasteiger partial charge is 0.493 e. The van der Waals surface area contributed by atoms with Gasteiger partial charge in [-0.05, 0) is 54.8 Å². The monoisotopic (exact) mass is 389 g/mol. The van der Waals surface area contributed by atoms with Crippen LogP contribution in [-0.4, -0.2) is 46.2 Å². The molecule has 0 saturated carbocycles. The molecule has 1 atom stereocenters. The van der Waals surface area contributed by atoms with E-state index in [1.165, 1.54) is 12.1 Å². The smallest absolute Gasteiger partial charge is 0.254 e. The molecule has 7 heteroatoms. The Morgan fingerprint density at radius 2 is 1.70 bits per heavy atom. The fourth-order valence-corrected chi connectivity index (χ4v) is 4.06. The standard InChI is InChI=1S/C20H23NO5S/c1-25-18-11-8-15(13-19(18)26-2)17-5-4-12-21(17)20(22)14-6-9-16(10-7-14)27(3,23)24/h6-11,13,17H,4-5,12H2,1-3H3/t17-/m1/s1. The highest BCUT2D eigenvalue weighted by Gasteiger charge is 2.31. The summed E-state index contributed by atoms with van der Waals surface area (Å²) in [5, 5.41) is 0. The minimum Gasteiger partial charge on any atom is -0.493 e. The van der Waals surface area contributed by atoms with Crippen molar-refractivity contribution in [3.8, 4) is 11.5 Å². The molecule has 0 unspecified atom stereocenters. The molecule has 144 valence electrons. The molecule has 1 fully saturated rings. The number of likely N-dealkylation sites (tertiary alicyclic amines) is 1. The third-order valence-electron chi connectivity index (χ3n) is 4.84. The Labute approximate surface area is 159 Å². The Bertz CT molecular complexity index is 937. The summed E-state index contributed by atoms with van der Waals surface area (Å²) in [4.78, 5) is 15.0. The Hall–Kier alpha value is -2.54. The zero-order valence-corrected chi connectivity index (χ0v) is 16.5. The van der Waals surface area contributed by atoms with E-state index >= 15 is 0 Å². The first-order valence-electron chi connectivity index (χ1n) is 8.68. The van der Waals surface area contributed by atoms with Crippen LogP contribution >= 0.6 is 0 Å². The maximum Gasteiger partial charge on any atom is 0.254 e. The Balaban J connectivity index is 1.87. The summed E-state index contributed by atoms with van der Waals surface area (Å²) in [5.41, 5.74) is 1.47. The van der Waals surface area contributed by atoms with Crippen LogP contribution < -0.4 is 9.47 Å². The topological polar surface area (TPSA) is 72.9 Å². The summed E-state index contributed by atoms with van der Waals surface area (Å²) in [6, 6.07) is 11.7. The first-order chi connectivity index (χ1) is 12.8. The van der Waals surface area contributed by atoms with Crippen molar-refractivity contribution in [3.63, 3.8) is 0 Å². The predicted octanol–water partition coefficient (Wildman–Crippen LogP) is 3.08. The van der Waals surface area contributed by atoms with Crippen LogP contribution in [0.2, 0.25) is 0 Å². The highest BCUT2D eigenvalue weighted by Crippen LogP contribution is 2.37. The van der Waals surface area contributed by atoms with Crippen LogP contribution in [-0.2, 0) is 9.84 Å². The second-order valence-electron chi connectivity index (χ2n) is 6.57. The zero-order chi connectivity index (χ0) is 19.6. The maximum absolute atomic E-state index is 13.0. The van der Waals surface area contributed by atoms with E-state index in [4.69, 9.17) is 9.47 Å². The van der Waals surface area contributed by atoms with E-state index in [0.29, 0.717) is 23.6 Å². The molecule has 2 aromatic rings. The lowest BCUT2D eigenvalue weighted by Gasteiger charge is -2.26. The summed E-state index contributed by atoms with van der Waals surface area (Å²) < 4.78 is 33.9. The van der Waals surface area contributed by atoms with Crippen molar-refractivity contribution in [2.24, 2.45) is 0 Å². The van der Waals surface area contributed by atoms with Crippen molar-refractivity contribution in [1.82, 2.24) is 4.90 Å². The number of methoxy groups -OCH3 is 2. The normalized spacial score (nSPS) is 17.0. The van der Waals surface area contributed by atoms with Crippen molar-refractivity contribution in [3.05, 3.63) is 53.6 Å². The van der Waals surface area contributed by atoms with Crippen LogP contribution in [0, 0.1) is 0 Å². The third kappa shape index (κ3) is 3.93. The van der Waals surface area contributed by atoms with Gasteiger partial charge in [-0.2, -0.15) is 0 Å². The molecule has 0 spiro atoms. The summed E-state index contributed by atoms with van der Waals surface area (Å²) >= 11 is 0. The molecule has 0 aromatic heterocycles. The van der Waals surface area contributed by atoms with Crippen LogP contribution in [0.25, 0.3) is 0 Å². The van der Waals surface area contributed by atoms with Crippen molar-refractivity contribution in [2.45, 2.75) is 23.8 Å². The van der Waals surface area contributed by atoms with Crippen molar-refractivity contribution in [1.29, 1.82) is 0 Å². The number of carbonyl (C=O) groups excluding carboxylic acids is 1. The number of carbonyl (C=O) groups is 1. The van der Waals surface area contributed by atoms with Crippen LogP contribution in [0.15, 0.2) is 47.4 Å². The van der Waals surface area contributed by atoms with Gasteiger partial charge in [-0.1, -0.05) is 6.07 Å². The van der Waals surface area contributed by atoms with Crippen LogP contribution in [0.3, 0.4) is 0 Å². The van der Waals surface area contributed by atoms with Crippen molar-refractivity contribution < 1.29 is 22.7 Å². The fourth-order valence-electron chi connectivity index (χ4n) is 3.43. The Morgan fingerprint density at radius 1 is 1.04 bits per heavy atom. The number of hydrogen-bond acceptors (Lipinski definition) is 5. The van der Waals surface area contributed by atoms with Gasteiger partial charge >= 0.3 is 0 Å². The van der Waals surface area contributed by atoms with Crippen molar-refractivity contribution >= 4 is 15.7 Å². The lowest BCUT2D eigenvalue weighted by atomic mass is 10.0. The molecule has 1 aliphatic heterocycles. The van der Waals surface area contributed by atoms with Gasteiger partial charge in [-0.25, -0.2) is 8.42 Å². The molecule has 1 aliphatic rings. The molecule has 1 amide bonds. The summed E-state index contributed by atoms with van der Waals surface area (Å²) in [6.45, 7) is 0.658. The number of ether oxygens (including phenoxy) is 2. The molecule has 1 heterocycles. The van der Waals surface area contributed by atoms with Crippen LogP contribution in [0.5, 0.6) is 11.5 Å². The van der Waals surface area contributed by atoms with Gasteiger partial charge < -0.3 is 14.4 Å². The van der Waals surface area contributed by atoms with Gasteiger partial charge in [0.1, 0.15) is 0 Å². The van der Waals surface area contributed by atoms with E-state index in [0.717, 1.165) is 24.7 Å². The number of sulfone groups is 1. The van der Waals surface area contributed by atoms with Gasteiger partial charge in [0.25, 0.3) is 5.91 Å². The van der Waals surface area contributed by atoms with Crippen molar-refractivity contribution in [2.75, 3.05) is 27.0 Å². The number of nitrogens with zero attached hydrogens (tertiary/aromatic N) is 1. The number of rotatable bonds is 5. The second-order valence-corrected chi connectivity index (χ2v) is 8.58. The van der Waals surface area contributed by atoms with E-state index in [2.05, 4.69) is 0 Å². The fraction of sp³-hybridized carbons (Fsp3) is 0.350. The Morgan fingerprint density at radius 3 is 2.30 bits per heavy atom. The van der Waals surface area contributed by atoms with Gasteiger partial charge in [0.15, 0.2) is 21.3 Å². The van der Waals surface area contributed by atoms with E-state index in [1.54, 1.807) is 26.4 Å². The predicted molar refractivity (Wildman–Crippen MR) is 102 cm³/mol. The molecule has 0 N–H and O–H groups in total. The number of hydrogen-bond donors (Lipinski definition) is 0. The molecule has 0 bridgehead atoms. The zero-order valence-electron chi connectivity index (χ0n) is 15.6. The first-order valence-corrected chi connectivity index (χ1v) is 10.6. The summed E-state index contributed by atoms with van der Waals surface area (Å²) in [5.74, 6) is 1.17. The first kappa shape index (κ1) is 19.2. The van der Waals surface area contributed by atoms with E-state index in [9.17, 15) is 13.2 Å². The molecule has 0 aliphatic carbocycles. The number of amides is 1. The SMILES string of the molecule is COc1ccc([C@H]2CCCN2C(=O)c2ccc(S(C)(=O)=O)cc2)cc1OC. The average Bonchev–Trinajstić information content (AvgIpc) is 3.16. The Kier molecular flexibility index (Phi) is 5.41. The van der Waals surface area contributed by atoms with Gasteiger partial charge in [0, 0.05) is 18.4 Å². The average molecular weight is 389 g/mol.